The zero-order valence-corrected chi connectivity index (χ0v) is 11.4. The first-order valence-electron chi connectivity index (χ1n) is 5.43. The van der Waals surface area contributed by atoms with Crippen LogP contribution in [0, 0.1) is 0 Å². The van der Waals surface area contributed by atoms with Crippen molar-refractivity contribution in [1.82, 2.24) is 9.29 Å². The molecule has 0 spiro atoms. The fourth-order valence-corrected chi connectivity index (χ4v) is 3.60. The van der Waals surface area contributed by atoms with Gasteiger partial charge in [0, 0.05) is 12.7 Å². The molecule has 0 aliphatic carbocycles. The Morgan fingerprint density at radius 2 is 2.32 bits per heavy atom. The molecule has 1 aliphatic heterocycles. The van der Waals surface area contributed by atoms with Gasteiger partial charge in [-0.3, -0.25) is 4.79 Å². The number of hydrogen-bond acceptors (Lipinski definition) is 5. The van der Waals surface area contributed by atoms with Crippen LogP contribution < -0.4 is 5.73 Å². The minimum absolute atomic E-state index is 0.0272. The minimum Gasteiger partial charge on any atom is -0.378 e. The topological polar surface area (TPSA) is 103 Å². The fraction of sp³-hybridized carbons (Fsp3) is 0.400. The van der Waals surface area contributed by atoms with Gasteiger partial charge >= 0.3 is 0 Å². The van der Waals surface area contributed by atoms with Gasteiger partial charge in [-0.2, -0.15) is 4.31 Å². The smallest absolute Gasteiger partial charge is 0.244 e. The second-order valence-corrected chi connectivity index (χ2v) is 6.20. The van der Waals surface area contributed by atoms with E-state index in [9.17, 15) is 13.2 Å². The number of nitrogens with zero attached hydrogens (tertiary/aromatic N) is 2. The summed E-state index contributed by atoms with van der Waals surface area (Å²) in [4.78, 5) is 15.0. The number of nitrogens with two attached hydrogens (primary N) is 1. The largest absolute Gasteiger partial charge is 0.378 e. The van der Waals surface area contributed by atoms with Gasteiger partial charge in [0.1, 0.15) is 11.2 Å². The third kappa shape index (κ3) is 2.86. The molecular weight excluding hydrogens is 294 g/mol. The van der Waals surface area contributed by atoms with Crippen molar-refractivity contribution in [2.45, 2.75) is 10.9 Å². The molecule has 1 atom stereocenters. The molecule has 1 amide bonds. The van der Waals surface area contributed by atoms with Gasteiger partial charge < -0.3 is 10.5 Å². The number of rotatable bonds is 3. The van der Waals surface area contributed by atoms with Gasteiger partial charge in [0.25, 0.3) is 0 Å². The summed E-state index contributed by atoms with van der Waals surface area (Å²) in [6.07, 6.45) is 1.29. The van der Waals surface area contributed by atoms with E-state index in [0.717, 1.165) is 4.31 Å². The number of carbonyl (C=O) groups excluding carboxylic acids is 1. The molecule has 104 valence electrons. The standard InChI is InChI=1S/C10H12ClN3O4S/c11-9-5-7(1-2-13-9)19(16,17)14-3-4-18-6-8(14)10(12)15/h1-2,5,8H,3-4,6H2,(H2,12,15). The van der Waals surface area contributed by atoms with Crippen LogP contribution in [0.3, 0.4) is 0 Å². The van der Waals surface area contributed by atoms with E-state index in [1.165, 1.54) is 18.3 Å². The average molecular weight is 306 g/mol. The Bertz CT molecular complexity index is 592. The molecule has 2 heterocycles. The lowest BCUT2D eigenvalue weighted by Gasteiger charge is -2.32. The number of ether oxygens (including phenoxy) is 1. The molecule has 19 heavy (non-hydrogen) atoms. The van der Waals surface area contributed by atoms with E-state index < -0.39 is 22.0 Å². The van der Waals surface area contributed by atoms with E-state index in [1.807, 2.05) is 0 Å². The van der Waals surface area contributed by atoms with Crippen LogP contribution in [-0.2, 0) is 19.6 Å². The second kappa shape index (κ2) is 5.41. The van der Waals surface area contributed by atoms with Gasteiger partial charge in [-0.05, 0) is 12.1 Å². The van der Waals surface area contributed by atoms with Gasteiger partial charge in [-0.25, -0.2) is 13.4 Å². The molecule has 2 rings (SSSR count). The highest BCUT2D eigenvalue weighted by molar-refractivity contribution is 7.89. The Kier molecular flexibility index (Phi) is 4.04. The highest BCUT2D eigenvalue weighted by Crippen LogP contribution is 2.21. The van der Waals surface area contributed by atoms with Crippen molar-refractivity contribution in [2.24, 2.45) is 5.73 Å². The monoisotopic (exact) mass is 305 g/mol. The van der Waals surface area contributed by atoms with Crippen molar-refractivity contribution in [3.8, 4) is 0 Å². The molecule has 0 aromatic carbocycles. The molecule has 0 bridgehead atoms. The quantitative estimate of drug-likeness (QED) is 0.766. The molecule has 1 aromatic rings. The Morgan fingerprint density at radius 1 is 1.58 bits per heavy atom. The first-order valence-corrected chi connectivity index (χ1v) is 7.25. The zero-order valence-electron chi connectivity index (χ0n) is 9.82. The van der Waals surface area contributed by atoms with Crippen LogP contribution in [0.2, 0.25) is 5.15 Å². The molecule has 1 saturated heterocycles. The zero-order chi connectivity index (χ0) is 14.0. The number of carbonyl (C=O) groups is 1. The van der Waals surface area contributed by atoms with E-state index in [1.54, 1.807) is 0 Å². The van der Waals surface area contributed by atoms with E-state index in [2.05, 4.69) is 4.98 Å². The fourth-order valence-electron chi connectivity index (χ4n) is 1.78. The Morgan fingerprint density at radius 3 is 2.95 bits per heavy atom. The number of primary amides is 1. The number of hydrogen-bond donors (Lipinski definition) is 1. The molecule has 1 aromatic heterocycles. The van der Waals surface area contributed by atoms with Crippen molar-refractivity contribution in [3.05, 3.63) is 23.5 Å². The SMILES string of the molecule is NC(=O)C1COCCN1S(=O)(=O)c1ccnc(Cl)c1. The summed E-state index contributed by atoms with van der Waals surface area (Å²) >= 11 is 5.68. The highest BCUT2D eigenvalue weighted by atomic mass is 35.5. The van der Waals surface area contributed by atoms with Crippen molar-refractivity contribution in [3.63, 3.8) is 0 Å². The highest BCUT2D eigenvalue weighted by Gasteiger charge is 2.37. The second-order valence-electron chi connectivity index (χ2n) is 3.92. The summed E-state index contributed by atoms with van der Waals surface area (Å²) in [6.45, 7) is 0.227. The van der Waals surface area contributed by atoms with Crippen LogP contribution in [0.1, 0.15) is 0 Å². The predicted molar refractivity (Wildman–Crippen MR) is 66.9 cm³/mol. The van der Waals surface area contributed by atoms with Crippen molar-refractivity contribution >= 4 is 27.5 Å². The van der Waals surface area contributed by atoms with E-state index in [4.69, 9.17) is 22.1 Å². The van der Waals surface area contributed by atoms with Crippen LogP contribution in [0.15, 0.2) is 23.2 Å². The van der Waals surface area contributed by atoms with E-state index >= 15 is 0 Å². The van der Waals surface area contributed by atoms with E-state index in [0.29, 0.717) is 0 Å². The molecule has 2 N–H and O–H groups in total. The van der Waals surface area contributed by atoms with Crippen molar-refractivity contribution in [2.75, 3.05) is 19.8 Å². The lowest BCUT2D eigenvalue weighted by atomic mass is 10.3. The number of morpholine rings is 1. The van der Waals surface area contributed by atoms with Gasteiger partial charge in [0.05, 0.1) is 18.1 Å². The first-order chi connectivity index (χ1) is 8.93. The number of sulfonamides is 1. The number of aromatic nitrogens is 1. The van der Waals surface area contributed by atoms with Crippen LogP contribution in [0.25, 0.3) is 0 Å². The van der Waals surface area contributed by atoms with Gasteiger partial charge in [-0.1, -0.05) is 11.6 Å². The van der Waals surface area contributed by atoms with Crippen LogP contribution in [0.4, 0.5) is 0 Å². The molecule has 1 unspecified atom stereocenters. The van der Waals surface area contributed by atoms with Crippen molar-refractivity contribution in [1.29, 1.82) is 0 Å². The lowest BCUT2D eigenvalue weighted by molar-refractivity contribution is -0.125. The molecule has 1 aliphatic rings. The van der Waals surface area contributed by atoms with Gasteiger partial charge in [0.15, 0.2) is 0 Å². The van der Waals surface area contributed by atoms with Crippen LogP contribution in [-0.4, -0.2) is 49.4 Å². The third-order valence-corrected chi connectivity index (χ3v) is 4.82. The molecule has 7 nitrogen and oxygen atoms in total. The maximum Gasteiger partial charge on any atom is 0.244 e. The average Bonchev–Trinajstić information content (AvgIpc) is 2.38. The lowest BCUT2D eigenvalue weighted by Crippen LogP contribution is -2.54. The summed E-state index contributed by atoms with van der Waals surface area (Å²) in [5.74, 6) is -0.747. The Balaban J connectivity index is 2.40. The maximum atomic E-state index is 12.4. The molecular formula is C10H12ClN3O4S. The molecule has 1 fully saturated rings. The number of pyridine rings is 1. The predicted octanol–water partition coefficient (Wildman–Crippen LogP) is -0.390. The van der Waals surface area contributed by atoms with E-state index in [-0.39, 0.29) is 29.8 Å². The van der Waals surface area contributed by atoms with Crippen molar-refractivity contribution < 1.29 is 17.9 Å². The molecule has 9 heteroatoms. The van der Waals surface area contributed by atoms with Gasteiger partial charge in [0.2, 0.25) is 15.9 Å². The summed E-state index contributed by atoms with van der Waals surface area (Å²) in [5, 5.41) is 0.0601. The summed E-state index contributed by atoms with van der Waals surface area (Å²) in [7, 11) is -3.85. The van der Waals surface area contributed by atoms with Gasteiger partial charge in [-0.15, -0.1) is 0 Å². The normalized spacial score (nSPS) is 21.2. The summed E-state index contributed by atoms with van der Waals surface area (Å²) < 4.78 is 31.0. The Labute approximate surface area is 115 Å². The molecule has 0 radical (unpaired) electrons. The number of halogens is 1. The third-order valence-electron chi connectivity index (χ3n) is 2.71. The van der Waals surface area contributed by atoms with Crippen LogP contribution >= 0.6 is 11.6 Å². The maximum absolute atomic E-state index is 12.4. The first kappa shape index (κ1) is 14.2. The Hall–Kier alpha value is -1.22. The summed E-state index contributed by atoms with van der Waals surface area (Å²) in [6, 6.07) is 1.53. The molecule has 0 saturated carbocycles. The summed E-state index contributed by atoms with van der Waals surface area (Å²) in [5.41, 5.74) is 5.20. The number of amides is 1. The minimum atomic E-state index is -3.85. The van der Waals surface area contributed by atoms with Crippen LogP contribution in [0.5, 0.6) is 0 Å².